The van der Waals surface area contributed by atoms with Gasteiger partial charge in [-0.3, -0.25) is 4.79 Å². The number of aromatic nitrogens is 1. The molecule has 1 heterocycles. The van der Waals surface area contributed by atoms with Crippen molar-refractivity contribution in [3.63, 3.8) is 0 Å². The average molecular weight is 334 g/mol. The highest BCUT2D eigenvalue weighted by atomic mass is 79.9. The number of methoxy groups -OCH3 is 1. The van der Waals surface area contributed by atoms with E-state index in [0.29, 0.717) is 13.2 Å². The van der Waals surface area contributed by atoms with E-state index >= 15 is 0 Å². The maximum Gasteiger partial charge on any atom is 0.323 e. The molecule has 106 valence electrons. The van der Waals surface area contributed by atoms with Crippen LogP contribution in [-0.4, -0.2) is 52.4 Å². The Morgan fingerprint density at radius 1 is 1.63 bits per heavy atom. The van der Waals surface area contributed by atoms with Crippen molar-refractivity contribution < 1.29 is 14.5 Å². The third kappa shape index (κ3) is 3.77. The zero-order chi connectivity index (χ0) is 14.6. The van der Waals surface area contributed by atoms with Crippen molar-refractivity contribution >= 4 is 27.7 Å². The maximum absolute atomic E-state index is 12.2. The second-order valence-electron chi connectivity index (χ2n) is 4.13. The number of carbonyl (C=O) groups excluding carboxylic acids is 1. The van der Waals surface area contributed by atoms with E-state index in [9.17, 15) is 14.9 Å². The minimum atomic E-state index is -0.519. The van der Waals surface area contributed by atoms with Crippen molar-refractivity contribution in [2.75, 3.05) is 27.3 Å². The molecule has 0 radical (unpaired) electrons. The number of alkyl halides is 1. The number of hydrogen-bond donors (Lipinski definition) is 0. The van der Waals surface area contributed by atoms with Crippen LogP contribution in [0.4, 0.5) is 5.82 Å². The van der Waals surface area contributed by atoms with Gasteiger partial charge in [-0.15, -0.1) is 0 Å². The normalized spacial score (nSPS) is 12.2. The van der Waals surface area contributed by atoms with Crippen LogP contribution in [0.25, 0.3) is 0 Å². The quantitative estimate of drug-likeness (QED) is 0.448. The number of carbonyl (C=O) groups is 1. The Morgan fingerprint density at radius 2 is 2.26 bits per heavy atom. The van der Waals surface area contributed by atoms with Gasteiger partial charge in [0, 0.05) is 26.8 Å². The second-order valence-corrected chi connectivity index (χ2v) is 5.43. The topological polar surface area (TPSA) is 77.6 Å². The number of nitro groups is 1. The highest BCUT2D eigenvalue weighted by Crippen LogP contribution is 2.16. The van der Waals surface area contributed by atoms with E-state index in [1.807, 2.05) is 0 Å². The first-order chi connectivity index (χ1) is 8.88. The molecule has 0 fully saturated rings. The Morgan fingerprint density at radius 3 is 2.74 bits per heavy atom. The molecule has 0 aliphatic carbocycles. The average Bonchev–Trinajstić information content (AvgIpc) is 2.70. The molecule has 1 unspecified atom stereocenters. The van der Waals surface area contributed by atoms with Crippen molar-refractivity contribution in [1.82, 2.24) is 9.47 Å². The minimum Gasteiger partial charge on any atom is -0.383 e. The lowest BCUT2D eigenvalue weighted by Crippen LogP contribution is -2.34. The largest absolute Gasteiger partial charge is 0.383 e. The summed E-state index contributed by atoms with van der Waals surface area (Å²) in [6.07, 6.45) is 0. The molecule has 0 bridgehead atoms. The SMILES string of the molecule is COCC(Br)CN(C)C(=O)c1ccc([N+](=O)[O-])n1C. The predicted octanol–water partition coefficient (Wildman–Crippen LogP) is 1.42. The summed E-state index contributed by atoms with van der Waals surface area (Å²) in [5.41, 5.74) is 0.284. The van der Waals surface area contributed by atoms with Crippen LogP contribution >= 0.6 is 15.9 Å². The summed E-state index contributed by atoms with van der Waals surface area (Å²) in [5.74, 6) is -0.375. The fourth-order valence-corrected chi connectivity index (χ4v) is 2.41. The Balaban J connectivity index is 2.80. The first-order valence-corrected chi connectivity index (χ1v) is 6.48. The minimum absolute atomic E-state index is 0.0155. The van der Waals surface area contributed by atoms with Gasteiger partial charge in [0.25, 0.3) is 5.91 Å². The van der Waals surface area contributed by atoms with Gasteiger partial charge >= 0.3 is 5.82 Å². The van der Waals surface area contributed by atoms with Crippen molar-refractivity contribution in [3.05, 3.63) is 27.9 Å². The molecular weight excluding hydrogens is 318 g/mol. The van der Waals surface area contributed by atoms with Crippen LogP contribution in [0.1, 0.15) is 10.5 Å². The van der Waals surface area contributed by atoms with Crippen molar-refractivity contribution in [2.45, 2.75) is 4.83 Å². The monoisotopic (exact) mass is 333 g/mol. The lowest BCUT2D eigenvalue weighted by Gasteiger charge is -2.19. The Labute approximate surface area is 119 Å². The molecule has 1 aromatic rings. The number of halogens is 1. The van der Waals surface area contributed by atoms with Gasteiger partial charge in [-0.1, -0.05) is 15.9 Å². The molecule has 0 aliphatic rings. The third-order valence-corrected chi connectivity index (χ3v) is 3.22. The van der Waals surface area contributed by atoms with E-state index in [1.165, 1.54) is 28.6 Å². The highest BCUT2D eigenvalue weighted by molar-refractivity contribution is 9.09. The molecule has 1 amide bonds. The van der Waals surface area contributed by atoms with Crippen LogP contribution in [0.2, 0.25) is 0 Å². The standard InChI is InChI=1S/C11H16BrN3O4/c1-13(6-8(12)7-19-3)11(16)9-4-5-10(14(9)2)15(17)18/h4-5,8H,6-7H2,1-3H3. The lowest BCUT2D eigenvalue weighted by molar-refractivity contribution is -0.391. The molecule has 0 aromatic carbocycles. The summed E-state index contributed by atoms with van der Waals surface area (Å²) >= 11 is 3.39. The van der Waals surface area contributed by atoms with Crippen molar-refractivity contribution in [2.24, 2.45) is 7.05 Å². The summed E-state index contributed by atoms with van der Waals surface area (Å²) < 4.78 is 6.25. The van der Waals surface area contributed by atoms with Crippen LogP contribution in [-0.2, 0) is 11.8 Å². The van der Waals surface area contributed by atoms with Gasteiger partial charge in [-0.05, 0) is 11.0 Å². The van der Waals surface area contributed by atoms with Crippen molar-refractivity contribution in [1.29, 1.82) is 0 Å². The van der Waals surface area contributed by atoms with E-state index < -0.39 is 4.92 Å². The van der Waals surface area contributed by atoms with E-state index in [0.717, 1.165) is 0 Å². The van der Waals surface area contributed by atoms with E-state index in [-0.39, 0.29) is 22.2 Å². The van der Waals surface area contributed by atoms with Crippen LogP contribution in [0.5, 0.6) is 0 Å². The third-order valence-electron chi connectivity index (χ3n) is 2.67. The number of amides is 1. The Hall–Kier alpha value is -1.41. The molecular formula is C11H16BrN3O4. The number of rotatable bonds is 6. The number of ether oxygens (including phenoxy) is 1. The van der Waals surface area contributed by atoms with Crippen LogP contribution in [0.3, 0.4) is 0 Å². The first-order valence-electron chi connectivity index (χ1n) is 5.57. The highest BCUT2D eigenvalue weighted by Gasteiger charge is 2.24. The molecule has 0 spiro atoms. The van der Waals surface area contributed by atoms with E-state index in [4.69, 9.17) is 4.74 Å². The molecule has 7 nitrogen and oxygen atoms in total. The Bertz CT molecular complexity index is 475. The number of hydrogen-bond acceptors (Lipinski definition) is 4. The molecule has 0 aliphatic heterocycles. The predicted molar refractivity (Wildman–Crippen MR) is 73.6 cm³/mol. The van der Waals surface area contributed by atoms with Crippen LogP contribution in [0, 0.1) is 10.1 Å². The molecule has 19 heavy (non-hydrogen) atoms. The molecule has 1 rings (SSSR count). The summed E-state index contributed by atoms with van der Waals surface area (Å²) in [4.78, 5) is 23.9. The van der Waals surface area contributed by atoms with Crippen LogP contribution < -0.4 is 0 Å². The van der Waals surface area contributed by atoms with Crippen molar-refractivity contribution in [3.8, 4) is 0 Å². The summed E-state index contributed by atoms with van der Waals surface area (Å²) in [6, 6.07) is 2.78. The second kappa shape index (κ2) is 6.67. The molecule has 1 atom stereocenters. The summed E-state index contributed by atoms with van der Waals surface area (Å²) in [6.45, 7) is 0.927. The molecule has 0 N–H and O–H groups in total. The summed E-state index contributed by atoms with van der Waals surface area (Å²) in [5, 5.41) is 10.7. The molecule has 0 saturated heterocycles. The molecule has 8 heteroatoms. The van der Waals surface area contributed by atoms with Gasteiger partial charge in [0.2, 0.25) is 0 Å². The maximum atomic E-state index is 12.2. The first kappa shape index (κ1) is 15.6. The summed E-state index contributed by atoms with van der Waals surface area (Å²) in [7, 11) is 4.72. The van der Waals surface area contributed by atoms with Gasteiger partial charge in [0.05, 0.1) is 18.5 Å². The number of nitrogens with zero attached hydrogens (tertiary/aromatic N) is 3. The van der Waals surface area contributed by atoms with E-state index in [1.54, 1.807) is 14.2 Å². The van der Waals surface area contributed by atoms with Gasteiger partial charge < -0.3 is 19.8 Å². The lowest BCUT2D eigenvalue weighted by atomic mass is 10.3. The van der Waals surface area contributed by atoms with Gasteiger partial charge in [0.15, 0.2) is 5.69 Å². The fourth-order valence-electron chi connectivity index (χ4n) is 1.71. The zero-order valence-corrected chi connectivity index (χ0v) is 12.6. The smallest absolute Gasteiger partial charge is 0.323 e. The van der Waals surface area contributed by atoms with E-state index in [2.05, 4.69) is 15.9 Å². The van der Waals surface area contributed by atoms with Crippen LogP contribution in [0.15, 0.2) is 12.1 Å². The van der Waals surface area contributed by atoms with Gasteiger partial charge in [0.1, 0.15) is 0 Å². The van der Waals surface area contributed by atoms with Gasteiger partial charge in [-0.2, -0.15) is 0 Å². The Kier molecular flexibility index (Phi) is 5.49. The fraction of sp³-hybridized carbons (Fsp3) is 0.545. The molecule has 0 saturated carbocycles. The zero-order valence-electron chi connectivity index (χ0n) is 11.0. The molecule has 1 aromatic heterocycles. The van der Waals surface area contributed by atoms with Gasteiger partial charge in [-0.25, -0.2) is 4.57 Å².